The number of aromatic nitrogens is 1. The van der Waals surface area contributed by atoms with Crippen LogP contribution < -0.4 is 5.32 Å². The van der Waals surface area contributed by atoms with Crippen LogP contribution in [0.15, 0.2) is 12.1 Å². The number of fused-ring (bicyclic) bond motifs is 1. The molecule has 1 aromatic rings. The van der Waals surface area contributed by atoms with Gasteiger partial charge in [0.1, 0.15) is 6.04 Å². The van der Waals surface area contributed by atoms with Crippen molar-refractivity contribution in [3.05, 3.63) is 29.1 Å². The second-order valence-electron chi connectivity index (χ2n) is 5.79. The standard InChI is InChI=1S/C15H17N3O3/c1-8(2)10-4-3-9-11(16-10)7-18(15(9)21)12-5-6-13(19)17-14(12)20/h3-4,8,12H,5-7H2,1-2H3,(H,17,19,20). The third kappa shape index (κ3) is 2.30. The minimum absolute atomic E-state index is 0.178. The molecule has 0 aliphatic carbocycles. The molecule has 1 N–H and O–H groups in total. The lowest BCUT2D eigenvalue weighted by Crippen LogP contribution is -2.52. The van der Waals surface area contributed by atoms with Crippen molar-refractivity contribution in [3.8, 4) is 0 Å². The summed E-state index contributed by atoms with van der Waals surface area (Å²) in [6, 6.07) is 3.06. The first-order valence-electron chi connectivity index (χ1n) is 7.12. The smallest absolute Gasteiger partial charge is 0.256 e. The van der Waals surface area contributed by atoms with E-state index in [1.165, 1.54) is 4.90 Å². The van der Waals surface area contributed by atoms with Gasteiger partial charge in [-0.2, -0.15) is 0 Å². The summed E-state index contributed by atoms with van der Waals surface area (Å²) >= 11 is 0. The molecule has 21 heavy (non-hydrogen) atoms. The van der Waals surface area contributed by atoms with Crippen molar-refractivity contribution in [2.45, 2.75) is 45.2 Å². The molecular weight excluding hydrogens is 270 g/mol. The lowest BCUT2D eigenvalue weighted by molar-refractivity contribution is -0.136. The first-order valence-corrected chi connectivity index (χ1v) is 7.12. The van der Waals surface area contributed by atoms with Crippen molar-refractivity contribution in [2.75, 3.05) is 0 Å². The Bertz CT molecular complexity index is 639. The van der Waals surface area contributed by atoms with E-state index in [0.29, 0.717) is 18.5 Å². The highest BCUT2D eigenvalue weighted by Gasteiger charge is 2.39. The molecule has 2 aliphatic heterocycles. The Morgan fingerprint density at radius 3 is 2.71 bits per heavy atom. The summed E-state index contributed by atoms with van der Waals surface area (Å²) in [5.74, 6) is -0.561. The Balaban J connectivity index is 1.86. The predicted molar refractivity (Wildman–Crippen MR) is 74.4 cm³/mol. The summed E-state index contributed by atoms with van der Waals surface area (Å²) in [6.07, 6.45) is 0.642. The highest BCUT2D eigenvalue weighted by molar-refractivity contribution is 6.05. The number of hydrogen-bond donors (Lipinski definition) is 1. The molecule has 0 spiro atoms. The molecule has 1 aromatic heterocycles. The van der Waals surface area contributed by atoms with Crippen LogP contribution in [0, 0.1) is 0 Å². The fourth-order valence-electron chi connectivity index (χ4n) is 2.77. The molecule has 0 aromatic carbocycles. The van der Waals surface area contributed by atoms with Gasteiger partial charge in [0.05, 0.1) is 17.8 Å². The molecule has 1 atom stereocenters. The number of amides is 3. The summed E-state index contributed by atoms with van der Waals surface area (Å²) in [6.45, 7) is 4.42. The van der Waals surface area contributed by atoms with Crippen LogP contribution in [0.2, 0.25) is 0 Å². The zero-order chi connectivity index (χ0) is 15.1. The van der Waals surface area contributed by atoms with Gasteiger partial charge in [-0.3, -0.25) is 24.7 Å². The van der Waals surface area contributed by atoms with Crippen LogP contribution in [0.25, 0.3) is 0 Å². The van der Waals surface area contributed by atoms with Crippen molar-refractivity contribution in [1.82, 2.24) is 15.2 Å². The van der Waals surface area contributed by atoms with Crippen molar-refractivity contribution in [3.63, 3.8) is 0 Å². The average Bonchev–Trinajstić information content (AvgIpc) is 2.75. The molecule has 1 fully saturated rings. The molecule has 0 bridgehead atoms. The van der Waals surface area contributed by atoms with Gasteiger partial charge >= 0.3 is 0 Å². The minimum atomic E-state index is -0.577. The fraction of sp³-hybridized carbons (Fsp3) is 0.467. The van der Waals surface area contributed by atoms with E-state index in [4.69, 9.17) is 0 Å². The van der Waals surface area contributed by atoms with Gasteiger partial charge < -0.3 is 4.90 Å². The molecular formula is C15H17N3O3. The fourth-order valence-corrected chi connectivity index (χ4v) is 2.77. The highest BCUT2D eigenvalue weighted by Crippen LogP contribution is 2.27. The normalized spacial score (nSPS) is 21.8. The van der Waals surface area contributed by atoms with Gasteiger partial charge in [0.2, 0.25) is 11.8 Å². The molecule has 3 rings (SSSR count). The number of imide groups is 1. The molecule has 3 amide bonds. The number of nitrogens with one attached hydrogen (secondary N) is 1. The molecule has 110 valence electrons. The van der Waals surface area contributed by atoms with Gasteiger partial charge in [0.25, 0.3) is 5.91 Å². The Hall–Kier alpha value is -2.24. The van der Waals surface area contributed by atoms with Crippen molar-refractivity contribution < 1.29 is 14.4 Å². The number of hydrogen-bond acceptors (Lipinski definition) is 4. The van der Waals surface area contributed by atoms with Crippen LogP contribution in [0.4, 0.5) is 0 Å². The van der Waals surface area contributed by atoms with Crippen molar-refractivity contribution >= 4 is 17.7 Å². The molecule has 6 heteroatoms. The van der Waals surface area contributed by atoms with E-state index in [1.54, 1.807) is 6.07 Å². The van der Waals surface area contributed by atoms with Gasteiger partial charge in [-0.1, -0.05) is 13.8 Å². The molecule has 0 radical (unpaired) electrons. The summed E-state index contributed by atoms with van der Waals surface area (Å²) < 4.78 is 0. The van der Waals surface area contributed by atoms with Gasteiger partial charge in [0, 0.05) is 12.1 Å². The highest BCUT2D eigenvalue weighted by atomic mass is 16.2. The van der Waals surface area contributed by atoms with E-state index in [-0.39, 0.29) is 24.2 Å². The largest absolute Gasteiger partial charge is 0.321 e. The topological polar surface area (TPSA) is 79.4 Å². The maximum absolute atomic E-state index is 12.4. The van der Waals surface area contributed by atoms with E-state index in [1.807, 2.05) is 19.9 Å². The maximum Gasteiger partial charge on any atom is 0.256 e. The van der Waals surface area contributed by atoms with E-state index in [9.17, 15) is 14.4 Å². The second-order valence-corrected chi connectivity index (χ2v) is 5.79. The van der Waals surface area contributed by atoms with Gasteiger partial charge in [-0.15, -0.1) is 0 Å². The zero-order valence-corrected chi connectivity index (χ0v) is 12.0. The van der Waals surface area contributed by atoms with Crippen molar-refractivity contribution in [1.29, 1.82) is 0 Å². The second kappa shape index (κ2) is 4.95. The number of carbonyl (C=O) groups is 3. The molecule has 2 aliphatic rings. The monoisotopic (exact) mass is 287 g/mol. The number of pyridine rings is 1. The maximum atomic E-state index is 12.4. The lowest BCUT2D eigenvalue weighted by Gasteiger charge is -2.29. The first kappa shape index (κ1) is 13.7. The zero-order valence-electron chi connectivity index (χ0n) is 12.0. The van der Waals surface area contributed by atoms with E-state index < -0.39 is 11.9 Å². The average molecular weight is 287 g/mol. The Kier molecular flexibility index (Phi) is 3.23. The van der Waals surface area contributed by atoms with E-state index in [2.05, 4.69) is 10.3 Å². The number of nitrogens with zero attached hydrogens (tertiary/aromatic N) is 2. The molecule has 3 heterocycles. The van der Waals surface area contributed by atoms with Crippen LogP contribution in [0.3, 0.4) is 0 Å². The molecule has 1 unspecified atom stereocenters. The Labute approximate surface area is 122 Å². The van der Waals surface area contributed by atoms with E-state index >= 15 is 0 Å². The van der Waals surface area contributed by atoms with Gasteiger partial charge in [-0.05, 0) is 24.5 Å². The quantitative estimate of drug-likeness (QED) is 0.822. The molecule has 1 saturated heterocycles. The first-order chi connectivity index (χ1) is 9.97. The lowest BCUT2D eigenvalue weighted by atomic mass is 10.0. The number of piperidine rings is 1. The van der Waals surface area contributed by atoms with Gasteiger partial charge in [0.15, 0.2) is 0 Å². The Morgan fingerprint density at radius 1 is 1.29 bits per heavy atom. The number of carbonyl (C=O) groups excluding carboxylic acids is 3. The number of rotatable bonds is 2. The van der Waals surface area contributed by atoms with Crippen LogP contribution in [0.1, 0.15) is 54.4 Å². The van der Waals surface area contributed by atoms with E-state index in [0.717, 1.165) is 11.4 Å². The third-order valence-corrected chi connectivity index (χ3v) is 3.98. The predicted octanol–water partition coefficient (Wildman–Crippen LogP) is 0.966. The third-order valence-electron chi connectivity index (χ3n) is 3.98. The summed E-state index contributed by atoms with van der Waals surface area (Å²) in [5.41, 5.74) is 2.21. The summed E-state index contributed by atoms with van der Waals surface area (Å²) in [4.78, 5) is 41.6. The van der Waals surface area contributed by atoms with Gasteiger partial charge in [-0.25, -0.2) is 0 Å². The van der Waals surface area contributed by atoms with Crippen LogP contribution in [-0.2, 0) is 16.1 Å². The molecule has 6 nitrogen and oxygen atoms in total. The van der Waals surface area contributed by atoms with Crippen LogP contribution in [-0.4, -0.2) is 33.6 Å². The Morgan fingerprint density at radius 2 is 2.05 bits per heavy atom. The summed E-state index contributed by atoms with van der Waals surface area (Å²) in [5, 5.41) is 2.29. The molecule has 0 saturated carbocycles. The van der Waals surface area contributed by atoms with Crippen molar-refractivity contribution in [2.24, 2.45) is 0 Å². The van der Waals surface area contributed by atoms with Crippen LogP contribution >= 0.6 is 0 Å². The SMILES string of the molecule is CC(C)c1ccc2c(n1)CN(C1CCC(=O)NC1=O)C2=O. The minimum Gasteiger partial charge on any atom is -0.321 e. The summed E-state index contributed by atoms with van der Waals surface area (Å²) in [7, 11) is 0. The van der Waals surface area contributed by atoms with Crippen LogP contribution in [0.5, 0.6) is 0 Å².